The molecule has 2 rings (SSSR count). The van der Waals surface area contributed by atoms with E-state index in [1.165, 1.54) is 19.2 Å². The molecule has 0 aliphatic carbocycles. The van der Waals surface area contributed by atoms with Gasteiger partial charge in [-0.3, -0.25) is 9.36 Å². The second-order valence-electron chi connectivity index (χ2n) is 4.09. The van der Waals surface area contributed by atoms with Gasteiger partial charge in [0.1, 0.15) is 17.4 Å². The quantitative estimate of drug-likeness (QED) is 0.824. The first-order valence-corrected chi connectivity index (χ1v) is 7.18. The minimum absolute atomic E-state index is 0.134. The number of hydrogen-bond acceptors (Lipinski definition) is 5. The van der Waals surface area contributed by atoms with Gasteiger partial charge in [0, 0.05) is 12.5 Å². The summed E-state index contributed by atoms with van der Waals surface area (Å²) >= 11 is 1.05. The summed E-state index contributed by atoms with van der Waals surface area (Å²) in [7, 11) is 1.44. The second-order valence-corrected chi connectivity index (χ2v) is 5.03. The molecule has 0 fully saturated rings. The summed E-state index contributed by atoms with van der Waals surface area (Å²) in [4.78, 5) is 10.7. The summed E-state index contributed by atoms with van der Waals surface area (Å²) < 4.78 is 20.2. The lowest BCUT2D eigenvalue weighted by molar-refractivity contribution is -0.133. The second kappa shape index (κ2) is 6.57. The maximum Gasteiger partial charge on any atom is 0.313 e. The lowest BCUT2D eigenvalue weighted by Crippen LogP contribution is -2.06. The third-order valence-corrected chi connectivity index (χ3v) is 3.64. The molecule has 0 amide bonds. The van der Waals surface area contributed by atoms with Crippen molar-refractivity contribution in [3.8, 4) is 11.4 Å². The van der Waals surface area contributed by atoms with Crippen LogP contribution in [0.3, 0.4) is 0 Å². The number of hydrogen-bond donors (Lipinski definition) is 1. The van der Waals surface area contributed by atoms with Gasteiger partial charge in [-0.2, -0.15) is 0 Å². The largest absolute Gasteiger partial charge is 0.494 e. The fourth-order valence-electron chi connectivity index (χ4n) is 1.83. The molecule has 0 unspecified atom stereocenters. The van der Waals surface area contributed by atoms with E-state index in [4.69, 9.17) is 9.84 Å². The van der Waals surface area contributed by atoms with Crippen LogP contribution in [-0.2, 0) is 11.2 Å². The molecule has 8 heteroatoms. The van der Waals surface area contributed by atoms with Gasteiger partial charge in [-0.05, 0) is 12.1 Å². The molecule has 0 saturated carbocycles. The van der Waals surface area contributed by atoms with Crippen LogP contribution in [0, 0.1) is 5.82 Å². The Bertz CT molecular complexity index is 660. The molecule has 2 aromatic rings. The molecule has 0 atom stereocenters. The van der Waals surface area contributed by atoms with Gasteiger partial charge in [0.2, 0.25) is 0 Å². The number of methoxy groups -OCH3 is 1. The van der Waals surface area contributed by atoms with E-state index >= 15 is 0 Å². The van der Waals surface area contributed by atoms with Crippen molar-refractivity contribution in [2.24, 2.45) is 0 Å². The number of aliphatic carboxylic acids is 1. The fraction of sp³-hybridized carbons (Fsp3) is 0.308. The van der Waals surface area contributed by atoms with Gasteiger partial charge in [0.25, 0.3) is 0 Å². The fourth-order valence-corrected chi connectivity index (χ4v) is 2.51. The highest BCUT2D eigenvalue weighted by Crippen LogP contribution is 2.29. The third-order valence-electron chi connectivity index (χ3n) is 2.72. The van der Waals surface area contributed by atoms with E-state index in [2.05, 4.69) is 10.2 Å². The van der Waals surface area contributed by atoms with Crippen LogP contribution in [0.25, 0.3) is 5.69 Å². The van der Waals surface area contributed by atoms with Crippen LogP contribution in [0.2, 0.25) is 0 Å². The molecule has 1 aromatic carbocycles. The molecule has 0 bridgehead atoms. The summed E-state index contributed by atoms with van der Waals surface area (Å²) in [6.07, 6.45) is 0.598. The van der Waals surface area contributed by atoms with Gasteiger partial charge in [-0.1, -0.05) is 18.7 Å². The number of carboxylic acid groups (broad SMARTS) is 1. The Morgan fingerprint density at radius 3 is 2.86 bits per heavy atom. The summed E-state index contributed by atoms with van der Waals surface area (Å²) in [5.41, 5.74) is 0.577. The van der Waals surface area contributed by atoms with Gasteiger partial charge in [-0.15, -0.1) is 10.2 Å². The average molecular weight is 311 g/mol. The Hall–Kier alpha value is -2.09. The lowest BCUT2D eigenvalue weighted by Gasteiger charge is -2.13. The zero-order chi connectivity index (χ0) is 15.4. The Balaban J connectivity index is 2.50. The third kappa shape index (κ3) is 3.33. The number of ether oxygens (including phenoxy) is 1. The Morgan fingerprint density at radius 1 is 1.48 bits per heavy atom. The number of aryl methyl sites for hydroxylation is 1. The number of nitrogens with zero attached hydrogens (tertiary/aromatic N) is 3. The molecule has 6 nitrogen and oxygen atoms in total. The number of benzene rings is 1. The number of carboxylic acids is 1. The highest BCUT2D eigenvalue weighted by molar-refractivity contribution is 7.99. The van der Waals surface area contributed by atoms with E-state index in [1.54, 1.807) is 10.6 Å². The van der Waals surface area contributed by atoms with Crippen LogP contribution < -0.4 is 4.74 Å². The van der Waals surface area contributed by atoms with Gasteiger partial charge >= 0.3 is 5.97 Å². The van der Waals surface area contributed by atoms with Crippen LogP contribution in [-0.4, -0.2) is 38.7 Å². The van der Waals surface area contributed by atoms with Crippen molar-refractivity contribution < 1.29 is 19.0 Å². The highest BCUT2D eigenvalue weighted by Gasteiger charge is 2.17. The SMILES string of the molecule is CCc1nnc(SCC(=O)O)n1-c1ccc(F)cc1OC. The molecule has 0 aliphatic rings. The normalized spacial score (nSPS) is 10.6. The highest BCUT2D eigenvalue weighted by atomic mass is 32.2. The lowest BCUT2D eigenvalue weighted by atomic mass is 10.2. The van der Waals surface area contributed by atoms with Crippen LogP contribution in [0.1, 0.15) is 12.7 Å². The minimum Gasteiger partial charge on any atom is -0.494 e. The van der Waals surface area contributed by atoms with E-state index in [-0.39, 0.29) is 5.75 Å². The topological polar surface area (TPSA) is 77.2 Å². The van der Waals surface area contributed by atoms with Crippen molar-refractivity contribution in [2.75, 3.05) is 12.9 Å². The van der Waals surface area contributed by atoms with E-state index in [9.17, 15) is 9.18 Å². The van der Waals surface area contributed by atoms with Crippen molar-refractivity contribution in [3.05, 3.63) is 29.8 Å². The van der Waals surface area contributed by atoms with Crippen molar-refractivity contribution in [3.63, 3.8) is 0 Å². The zero-order valence-corrected chi connectivity index (χ0v) is 12.4. The van der Waals surface area contributed by atoms with Gasteiger partial charge < -0.3 is 9.84 Å². The maximum atomic E-state index is 13.3. The van der Waals surface area contributed by atoms with E-state index in [0.29, 0.717) is 28.8 Å². The van der Waals surface area contributed by atoms with Crippen molar-refractivity contribution in [1.82, 2.24) is 14.8 Å². The molecule has 1 heterocycles. The summed E-state index contributed by atoms with van der Waals surface area (Å²) in [6.45, 7) is 1.90. The van der Waals surface area contributed by atoms with E-state index in [0.717, 1.165) is 11.8 Å². The number of aromatic nitrogens is 3. The standard InChI is InChI=1S/C13H14FN3O3S/c1-3-11-15-16-13(21-7-12(18)19)17(11)9-5-4-8(14)6-10(9)20-2/h4-6H,3,7H2,1-2H3,(H,18,19). The van der Waals surface area contributed by atoms with Crippen molar-refractivity contribution >= 4 is 17.7 Å². The Labute approximate surface area is 124 Å². The van der Waals surface area contributed by atoms with Crippen LogP contribution in [0.5, 0.6) is 5.75 Å². The summed E-state index contributed by atoms with van der Waals surface area (Å²) in [5, 5.41) is 17.2. The molecular weight excluding hydrogens is 297 g/mol. The number of carbonyl (C=O) groups is 1. The van der Waals surface area contributed by atoms with Crippen LogP contribution >= 0.6 is 11.8 Å². The van der Waals surface area contributed by atoms with Gasteiger partial charge in [0.15, 0.2) is 5.16 Å². The monoisotopic (exact) mass is 311 g/mol. The van der Waals surface area contributed by atoms with Crippen molar-refractivity contribution in [2.45, 2.75) is 18.5 Å². The molecule has 21 heavy (non-hydrogen) atoms. The predicted octanol–water partition coefficient (Wildman–Crippen LogP) is 2.15. The Morgan fingerprint density at radius 2 is 2.24 bits per heavy atom. The number of halogens is 1. The Kier molecular flexibility index (Phi) is 4.79. The van der Waals surface area contributed by atoms with E-state index in [1.807, 2.05) is 6.92 Å². The van der Waals surface area contributed by atoms with Gasteiger partial charge in [0.05, 0.1) is 18.6 Å². The number of thioether (sulfide) groups is 1. The predicted molar refractivity (Wildman–Crippen MR) is 75.6 cm³/mol. The molecule has 0 aliphatic heterocycles. The smallest absolute Gasteiger partial charge is 0.313 e. The van der Waals surface area contributed by atoms with Crippen molar-refractivity contribution in [1.29, 1.82) is 0 Å². The first kappa shape index (κ1) is 15.3. The molecule has 112 valence electrons. The van der Waals surface area contributed by atoms with E-state index < -0.39 is 11.8 Å². The van der Waals surface area contributed by atoms with Gasteiger partial charge in [-0.25, -0.2) is 4.39 Å². The molecule has 1 N–H and O–H groups in total. The molecule has 1 aromatic heterocycles. The van der Waals surface area contributed by atoms with Crippen LogP contribution in [0.4, 0.5) is 4.39 Å². The minimum atomic E-state index is -0.946. The summed E-state index contributed by atoms with van der Waals surface area (Å²) in [6, 6.07) is 4.13. The molecular formula is C13H14FN3O3S. The maximum absolute atomic E-state index is 13.3. The number of rotatable bonds is 6. The zero-order valence-electron chi connectivity index (χ0n) is 11.5. The molecule has 0 spiro atoms. The molecule has 0 saturated heterocycles. The molecule has 0 radical (unpaired) electrons. The van der Waals surface area contributed by atoms with Crippen LogP contribution in [0.15, 0.2) is 23.4 Å². The first-order valence-electron chi connectivity index (χ1n) is 6.19. The summed E-state index contributed by atoms with van der Waals surface area (Å²) in [5.74, 6) is -0.514. The first-order chi connectivity index (χ1) is 10.1. The average Bonchev–Trinajstić information content (AvgIpc) is 2.87.